The Bertz CT molecular complexity index is 122. The molecule has 0 aromatic rings. The summed E-state index contributed by atoms with van der Waals surface area (Å²) in [5, 5.41) is 9.79. The highest BCUT2D eigenvalue weighted by atomic mass is 16.3. The molecule has 0 heterocycles. The van der Waals surface area contributed by atoms with Gasteiger partial charge in [-0.05, 0) is 25.8 Å². The van der Waals surface area contributed by atoms with E-state index >= 15 is 0 Å². The summed E-state index contributed by atoms with van der Waals surface area (Å²) in [6.07, 6.45) is 5.18. The highest BCUT2D eigenvalue weighted by molar-refractivity contribution is 4.91. The van der Waals surface area contributed by atoms with Gasteiger partial charge in [0.2, 0.25) is 0 Å². The molecule has 0 rings (SSSR count). The van der Waals surface area contributed by atoms with Gasteiger partial charge in [-0.25, -0.2) is 0 Å². The molecule has 0 amide bonds. The Morgan fingerprint density at radius 1 is 1.27 bits per heavy atom. The molecular formula is C9H17NO. The Morgan fingerprint density at radius 2 is 1.73 bits per heavy atom. The predicted molar refractivity (Wildman–Crippen MR) is 48.2 cm³/mol. The van der Waals surface area contributed by atoms with Crippen LogP contribution in [0.2, 0.25) is 0 Å². The van der Waals surface area contributed by atoms with Crippen molar-refractivity contribution < 1.29 is 5.11 Å². The van der Waals surface area contributed by atoms with E-state index < -0.39 is 5.60 Å². The quantitative estimate of drug-likeness (QED) is 0.566. The van der Waals surface area contributed by atoms with Gasteiger partial charge >= 0.3 is 0 Å². The first-order valence-corrected chi connectivity index (χ1v) is 3.83. The maximum atomic E-state index is 9.79. The fourth-order valence-electron chi connectivity index (χ4n) is 1.09. The minimum atomic E-state index is -0.710. The first kappa shape index (κ1) is 10.4. The minimum Gasteiger partial charge on any atom is -0.389 e. The van der Waals surface area contributed by atoms with Crippen molar-refractivity contribution in [2.45, 2.75) is 24.9 Å². The van der Waals surface area contributed by atoms with Crippen LogP contribution >= 0.6 is 0 Å². The number of aliphatic hydroxyl groups is 1. The largest absolute Gasteiger partial charge is 0.389 e. The van der Waals surface area contributed by atoms with E-state index in [1.54, 1.807) is 12.2 Å². The van der Waals surface area contributed by atoms with Crippen LogP contribution in [0.15, 0.2) is 25.3 Å². The fourth-order valence-corrected chi connectivity index (χ4v) is 1.09. The Hall–Kier alpha value is -0.600. The van der Waals surface area contributed by atoms with Crippen molar-refractivity contribution in [3.63, 3.8) is 0 Å². The third-order valence-corrected chi connectivity index (χ3v) is 1.66. The van der Waals surface area contributed by atoms with E-state index in [0.717, 1.165) is 0 Å². The van der Waals surface area contributed by atoms with Crippen LogP contribution in [0.25, 0.3) is 0 Å². The number of hydrogen-bond acceptors (Lipinski definition) is 2. The molecule has 0 spiro atoms. The lowest BCUT2D eigenvalue weighted by Crippen LogP contribution is -2.30. The van der Waals surface area contributed by atoms with E-state index in [-0.39, 0.29) is 0 Å². The molecule has 2 nitrogen and oxygen atoms in total. The van der Waals surface area contributed by atoms with Crippen molar-refractivity contribution in [1.29, 1.82) is 0 Å². The SMILES string of the molecule is C=CCC(O)(CC=C)CCN. The molecule has 0 aliphatic heterocycles. The van der Waals surface area contributed by atoms with Crippen LogP contribution in [0.1, 0.15) is 19.3 Å². The van der Waals surface area contributed by atoms with Gasteiger partial charge in [-0.1, -0.05) is 12.2 Å². The van der Waals surface area contributed by atoms with E-state index in [1.165, 1.54) is 0 Å². The molecule has 0 atom stereocenters. The second-order valence-corrected chi connectivity index (χ2v) is 2.75. The first-order chi connectivity index (χ1) is 5.18. The summed E-state index contributed by atoms with van der Waals surface area (Å²) in [5.74, 6) is 0. The average molecular weight is 155 g/mol. The molecular weight excluding hydrogens is 138 g/mol. The lowest BCUT2D eigenvalue weighted by Gasteiger charge is -2.24. The topological polar surface area (TPSA) is 46.2 Å². The van der Waals surface area contributed by atoms with Gasteiger partial charge in [0.25, 0.3) is 0 Å². The average Bonchev–Trinajstić information content (AvgIpc) is 1.88. The van der Waals surface area contributed by atoms with Gasteiger partial charge in [0.1, 0.15) is 0 Å². The first-order valence-electron chi connectivity index (χ1n) is 3.83. The van der Waals surface area contributed by atoms with Crippen molar-refractivity contribution in [2.75, 3.05) is 6.54 Å². The number of hydrogen-bond donors (Lipinski definition) is 2. The van der Waals surface area contributed by atoms with Gasteiger partial charge in [0, 0.05) is 0 Å². The van der Waals surface area contributed by atoms with E-state index in [0.29, 0.717) is 25.8 Å². The highest BCUT2D eigenvalue weighted by Gasteiger charge is 2.21. The van der Waals surface area contributed by atoms with Gasteiger partial charge in [-0.2, -0.15) is 0 Å². The Kier molecular flexibility index (Phi) is 4.83. The molecule has 0 aliphatic carbocycles. The van der Waals surface area contributed by atoms with Crippen LogP contribution in [0, 0.1) is 0 Å². The monoisotopic (exact) mass is 155 g/mol. The van der Waals surface area contributed by atoms with Crippen LogP contribution in [0.5, 0.6) is 0 Å². The molecule has 0 saturated carbocycles. The van der Waals surface area contributed by atoms with Crippen molar-refractivity contribution in [3.05, 3.63) is 25.3 Å². The molecule has 64 valence electrons. The van der Waals surface area contributed by atoms with Crippen LogP contribution in [0.3, 0.4) is 0 Å². The molecule has 0 radical (unpaired) electrons. The maximum Gasteiger partial charge on any atom is 0.0728 e. The molecule has 0 aromatic carbocycles. The summed E-state index contributed by atoms with van der Waals surface area (Å²) >= 11 is 0. The van der Waals surface area contributed by atoms with Crippen molar-refractivity contribution in [1.82, 2.24) is 0 Å². The van der Waals surface area contributed by atoms with Crippen molar-refractivity contribution >= 4 is 0 Å². The molecule has 2 heteroatoms. The third kappa shape index (κ3) is 3.96. The Labute approximate surface area is 68.4 Å². The molecule has 0 fully saturated rings. The second kappa shape index (κ2) is 5.10. The molecule has 0 bridgehead atoms. The van der Waals surface area contributed by atoms with Gasteiger partial charge in [-0.15, -0.1) is 13.2 Å². The van der Waals surface area contributed by atoms with Gasteiger partial charge in [-0.3, -0.25) is 0 Å². The van der Waals surface area contributed by atoms with E-state index in [1.807, 2.05) is 0 Å². The summed E-state index contributed by atoms with van der Waals surface area (Å²) in [7, 11) is 0. The molecule has 11 heavy (non-hydrogen) atoms. The molecule has 3 N–H and O–H groups in total. The highest BCUT2D eigenvalue weighted by Crippen LogP contribution is 2.19. The lowest BCUT2D eigenvalue weighted by atomic mass is 9.92. The summed E-state index contributed by atoms with van der Waals surface area (Å²) in [4.78, 5) is 0. The molecule has 0 aliphatic rings. The maximum absolute atomic E-state index is 9.79. The zero-order valence-corrected chi connectivity index (χ0v) is 6.92. The lowest BCUT2D eigenvalue weighted by molar-refractivity contribution is 0.0400. The Morgan fingerprint density at radius 3 is 2.00 bits per heavy atom. The third-order valence-electron chi connectivity index (χ3n) is 1.66. The van der Waals surface area contributed by atoms with Gasteiger partial charge in [0.15, 0.2) is 0 Å². The van der Waals surface area contributed by atoms with E-state index in [2.05, 4.69) is 13.2 Å². The van der Waals surface area contributed by atoms with E-state index in [9.17, 15) is 5.11 Å². The summed E-state index contributed by atoms with van der Waals surface area (Å²) in [6.45, 7) is 7.65. The molecule has 0 saturated heterocycles. The van der Waals surface area contributed by atoms with Gasteiger partial charge in [0.05, 0.1) is 5.60 Å². The van der Waals surface area contributed by atoms with Crippen LogP contribution in [-0.4, -0.2) is 17.3 Å². The van der Waals surface area contributed by atoms with Crippen molar-refractivity contribution in [3.8, 4) is 0 Å². The molecule has 0 unspecified atom stereocenters. The van der Waals surface area contributed by atoms with E-state index in [4.69, 9.17) is 5.73 Å². The minimum absolute atomic E-state index is 0.498. The zero-order chi connectivity index (χ0) is 8.74. The number of nitrogens with two attached hydrogens (primary N) is 1. The normalized spacial score (nSPS) is 11.1. The Balaban J connectivity index is 3.98. The second-order valence-electron chi connectivity index (χ2n) is 2.75. The van der Waals surface area contributed by atoms with Crippen LogP contribution < -0.4 is 5.73 Å². The number of rotatable bonds is 6. The van der Waals surface area contributed by atoms with Crippen LogP contribution in [-0.2, 0) is 0 Å². The van der Waals surface area contributed by atoms with Gasteiger partial charge < -0.3 is 10.8 Å². The smallest absolute Gasteiger partial charge is 0.0728 e. The summed E-state index contributed by atoms with van der Waals surface area (Å²) in [6, 6.07) is 0. The standard InChI is InChI=1S/C9H17NO/c1-3-5-9(11,6-4-2)7-8-10/h3-4,11H,1-2,5-8,10H2. The summed E-state index contributed by atoms with van der Waals surface area (Å²) in [5.41, 5.74) is 4.64. The fraction of sp³-hybridized carbons (Fsp3) is 0.556. The predicted octanol–water partition coefficient (Wildman–Crippen LogP) is 1.22. The van der Waals surface area contributed by atoms with Crippen LogP contribution in [0.4, 0.5) is 0 Å². The van der Waals surface area contributed by atoms with Crippen molar-refractivity contribution in [2.24, 2.45) is 5.73 Å². The molecule has 0 aromatic heterocycles. The summed E-state index contributed by atoms with van der Waals surface area (Å²) < 4.78 is 0. The zero-order valence-electron chi connectivity index (χ0n) is 6.92.